The van der Waals surface area contributed by atoms with Gasteiger partial charge in [-0.25, -0.2) is 0 Å². The predicted octanol–water partition coefficient (Wildman–Crippen LogP) is 3.38. The lowest BCUT2D eigenvalue weighted by molar-refractivity contribution is -0.128. The van der Waals surface area contributed by atoms with Crippen LogP contribution >= 0.6 is 0 Å². The number of ether oxygens (including phenoxy) is 1. The van der Waals surface area contributed by atoms with Gasteiger partial charge in [-0.15, -0.1) is 0 Å². The quantitative estimate of drug-likeness (QED) is 0.757. The van der Waals surface area contributed by atoms with E-state index in [1.807, 2.05) is 62.3 Å². The van der Waals surface area contributed by atoms with Crippen molar-refractivity contribution >= 4 is 11.6 Å². The van der Waals surface area contributed by atoms with E-state index in [1.165, 1.54) is 6.08 Å². The van der Waals surface area contributed by atoms with Gasteiger partial charge in [0.1, 0.15) is 12.2 Å². The van der Waals surface area contributed by atoms with Crippen molar-refractivity contribution in [2.75, 3.05) is 14.1 Å². The van der Waals surface area contributed by atoms with Gasteiger partial charge in [-0.1, -0.05) is 36.4 Å². The molecule has 1 aromatic carbocycles. The predicted molar refractivity (Wildman–Crippen MR) is 103 cm³/mol. The zero-order chi connectivity index (χ0) is 20.1. The summed E-state index contributed by atoms with van der Waals surface area (Å²) in [5.74, 6) is -0.0781. The molecule has 0 spiro atoms. The number of nitrogens with zero attached hydrogens (tertiary/aromatic N) is 2. The van der Waals surface area contributed by atoms with Crippen LogP contribution in [0.25, 0.3) is 0 Å². The van der Waals surface area contributed by atoms with Crippen molar-refractivity contribution in [2.24, 2.45) is 11.3 Å². The molecule has 1 aromatic heterocycles. The summed E-state index contributed by atoms with van der Waals surface area (Å²) < 4.78 is 11.5. The maximum atomic E-state index is 13.5. The molecular weight excluding hydrogens is 356 g/mol. The lowest BCUT2D eigenvalue weighted by Gasteiger charge is -2.51. The van der Waals surface area contributed by atoms with Crippen molar-refractivity contribution < 1.29 is 18.8 Å². The molecule has 0 bridgehead atoms. The largest absolute Gasteiger partial charge is 0.470 e. The molecule has 0 fully saturated rings. The maximum Gasteiger partial charge on any atom is 0.265 e. The third kappa shape index (κ3) is 2.41. The average Bonchev–Trinajstić information content (AvgIpc) is 3.11. The monoisotopic (exact) mass is 380 g/mol. The first-order chi connectivity index (χ1) is 13.3. The van der Waals surface area contributed by atoms with E-state index in [4.69, 9.17) is 9.26 Å². The Balaban J connectivity index is 1.81. The van der Waals surface area contributed by atoms with Crippen molar-refractivity contribution in [2.45, 2.75) is 32.4 Å². The summed E-state index contributed by atoms with van der Waals surface area (Å²) in [7, 11) is 3.85. The summed E-state index contributed by atoms with van der Waals surface area (Å²) in [4.78, 5) is 28.4. The van der Waals surface area contributed by atoms with Gasteiger partial charge in [-0.3, -0.25) is 14.5 Å². The molecule has 4 rings (SSSR count). The number of allylic oxidation sites excluding steroid dienone is 2. The third-order valence-electron chi connectivity index (χ3n) is 6.49. The van der Waals surface area contributed by atoms with Crippen LogP contribution in [-0.2, 0) is 16.9 Å². The number of carbonyl (C=O) groups excluding carboxylic acids is 2. The van der Waals surface area contributed by atoms with Crippen LogP contribution in [0.4, 0.5) is 0 Å². The minimum absolute atomic E-state index is 0.152. The Bertz CT molecular complexity index is 962. The van der Waals surface area contributed by atoms with Gasteiger partial charge >= 0.3 is 0 Å². The van der Waals surface area contributed by atoms with E-state index in [0.29, 0.717) is 12.2 Å². The lowest BCUT2D eigenvalue weighted by atomic mass is 9.54. The highest BCUT2D eigenvalue weighted by Crippen LogP contribution is 2.56. The SMILES string of the molecule is CN(C)C1(C)c2onc(OCc3ccccc3)c2C(=O)[C@@]2(C)C(=O)C=CC[C@@H]12. The Kier molecular flexibility index (Phi) is 4.27. The van der Waals surface area contributed by atoms with Gasteiger partial charge in [0.15, 0.2) is 17.3 Å². The molecular formula is C22H24N2O4. The van der Waals surface area contributed by atoms with E-state index >= 15 is 0 Å². The summed E-state index contributed by atoms with van der Waals surface area (Å²) in [6, 6.07) is 9.64. The zero-order valence-electron chi connectivity index (χ0n) is 16.6. The van der Waals surface area contributed by atoms with Crippen molar-refractivity contribution in [1.82, 2.24) is 10.1 Å². The molecule has 0 N–H and O–H groups in total. The van der Waals surface area contributed by atoms with Gasteiger partial charge in [-0.05, 0) is 51.2 Å². The van der Waals surface area contributed by atoms with Gasteiger partial charge in [0.25, 0.3) is 5.88 Å². The molecule has 146 valence electrons. The number of hydrogen-bond acceptors (Lipinski definition) is 6. The Morgan fingerprint density at radius 2 is 1.93 bits per heavy atom. The molecule has 6 heteroatoms. The first-order valence-corrected chi connectivity index (χ1v) is 9.41. The second-order valence-electron chi connectivity index (χ2n) is 8.09. The van der Waals surface area contributed by atoms with E-state index < -0.39 is 11.0 Å². The number of Topliss-reactive ketones (excluding diaryl/α,β-unsaturated/α-hetero) is 1. The van der Waals surface area contributed by atoms with Crippen molar-refractivity contribution in [3.05, 3.63) is 59.4 Å². The van der Waals surface area contributed by atoms with Gasteiger partial charge < -0.3 is 9.26 Å². The summed E-state index contributed by atoms with van der Waals surface area (Å²) in [6.45, 7) is 4.00. The highest BCUT2D eigenvalue weighted by Gasteiger charge is 2.63. The van der Waals surface area contributed by atoms with Crippen LogP contribution < -0.4 is 4.74 Å². The highest BCUT2D eigenvalue weighted by atomic mass is 16.5. The fourth-order valence-electron chi connectivity index (χ4n) is 4.53. The van der Waals surface area contributed by atoms with Crippen LogP contribution in [0.5, 0.6) is 5.88 Å². The average molecular weight is 380 g/mol. The molecule has 1 heterocycles. The topological polar surface area (TPSA) is 72.6 Å². The van der Waals surface area contributed by atoms with Gasteiger partial charge in [0.2, 0.25) is 0 Å². The molecule has 28 heavy (non-hydrogen) atoms. The third-order valence-corrected chi connectivity index (χ3v) is 6.49. The molecule has 0 aliphatic heterocycles. The van der Waals surface area contributed by atoms with Gasteiger partial charge in [0.05, 0.1) is 11.0 Å². The fraction of sp³-hybridized carbons (Fsp3) is 0.409. The highest BCUT2D eigenvalue weighted by molar-refractivity contribution is 6.20. The van der Waals surface area contributed by atoms with Crippen LogP contribution in [-0.4, -0.2) is 35.7 Å². The Morgan fingerprint density at radius 1 is 1.21 bits per heavy atom. The Labute approximate surface area is 164 Å². The van der Waals surface area contributed by atoms with E-state index in [2.05, 4.69) is 5.16 Å². The van der Waals surface area contributed by atoms with Crippen molar-refractivity contribution in [3.63, 3.8) is 0 Å². The number of carbonyl (C=O) groups is 2. The number of hydrogen-bond donors (Lipinski definition) is 0. The molecule has 0 amide bonds. The summed E-state index contributed by atoms with van der Waals surface area (Å²) >= 11 is 0. The van der Waals surface area contributed by atoms with Crippen molar-refractivity contribution in [3.8, 4) is 5.88 Å². The normalized spacial score (nSPS) is 29.0. The van der Waals surface area contributed by atoms with Gasteiger partial charge in [0, 0.05) is 5.92 Å². The maximum absolute atomic E-state index is 13.5. The first-order valence-electron chi connectivity index (χ1n) is 9.41. The number of ketones is 2. The summed E-state index contributed by atoms with van der Waals surface area (Å²) in [5, 5.41) is 4.08. The molecule has 2 aliphatic rings. The van der Waals surface area contributed by atoms with Crippen LogP contribution in [0.1, 0.15) is 41.9 Å². The first kappa shape index (κ1) is 18.6. The molecule has 6 nitrogen and oxygen atoms in total. The standard InChI is InChI=1S/C22H24N2O4/c1-21-15(11-8-12-16(21)25)22(2,24(3)4)19-17(18(21)26)20(23-28-19)27-13-14-9-6-5-7-10-14/h5-10,12,15H,11,13H2,1-4H3/t15-,21-,22?/m1/s1. The summed E-state index contributed by atoms with van der Waals surface area (Å²) in [5.41, 5.74) is -0.593. The minimum Gasteiger partial charge on any atom is -0.470 e. The number of benzene rings is 1. The van der Waals surface area contributed by atoms with E-state index in [0.717, 1.165) is 5.56 Å². The second-order valence-corrected chi connectivity index (χ2v) is 8.09. The smallest absolute Gasteiger partial charge is 0.265 e. The van der Waals surface area contributed by atoms with Crippen molar-refractivity contribution in [1.29, 1.82) is 0 Å². The molecule has 3 atom stereocenters. The molecule has 0 saturated carbocycles. The Morgan fingerprint density at radius 3 is 2.61 bits per heavy atom. The van der Waals surface area contributed by atoms with Crippen LogP contribution in [0.2, 0.25) is 0 Å². The Hall–Kier alpha value is -2.73. The summed E-state index contributed by atoms with van der Waals surface area (Å²) in [6.07, 6.45) is 3.98. The molecule has 2 aliphatic carbocycles. The lowest BCUT2D eigenvalue weighted by Crippen LogP contribution is -2.60. The fourth-order valence-corrected chi connectivity index (χ4v) is 4.53. The van der Waals surface area contributed by atoms with E-state index in [9.17, 15) is 9.59 Å². The molecule has 2 aromatic rings. The van der Waals surface area contributed by atoms with Crippen LogP contribution in [0, 0.1) is 11.3 Å². The minimum atomic E-state index is -1.17. The number of fused-ring (bicyclic) bond motifs is 2. The molecule has 0 radical (unpaired) electrons. The van der Waals surface area contributed by atoms with Crippen LogP contribution in [0.15, 0.2) is 47.0 Å². The van der Waals surface area contributed by atoms with E-state index in [-0.39, 0.29) is 35.5 Å². The number of aromatic nitrogens is 1. The number of rotatable bonds is 4. The van der Waals surface area contributed by atoms with Gasteiger partial charge in [-0.2, -0.15) is 0 Å². The van der Waals surface area contributed by atoms with Crippen LogP contribution in [0.3, 0.4) is 0 Å². The zero-order valence-corrected chi connectivity index (χ0v) is 16.6. The molecule has 1 unspecified atom stereocenters. The second kappa shape index (κ2) is 6.41. The van der Waals surface area contributed by atoms with E-state index in [1.54, 1.807) is 6.92 Å². The molecule has 0 saturated heterocycles.